The fraction of sp³-hybridized carbons (Fsp3) is 0.900. The predicted molar refractivity (Wildman–Crippen MR) is 54.7 cm³/mol. The van der Waals surface area contributed by atoms with Crippen LogP contribution in [-0.4, -0.2) is 37.0 Å². The normalized spacial score (nSPS) is 17.2. The molecule has 1 saturated heterocycles. The van der Waals surface area contributed by atoms with Crippen LogP contribution in [0.4, 0.5) is 0 Å². The zero-order valence-corrected chi connectivity index (χ0v) is 8.92. The highest BCUT2D eigenvalue weighted by Gasteiger charge is 2.10. The number of nitrogens with one attached hydrogen (secondary N) is 1. The lowest BCUT2D eigenvalue weighted by molar-refractivity contribution is -0.133. The van der Waals surface area contributed by atoms with Crippen molar-refractivity contribution in [3.05, 3.63) is 0 Å². The summed E-state index contributed by atoms with van der Waals surface area (Å²) in [6.45, 7) is 5.84. The molecule has 0 aromatic carbocycles. The molecule has 14 heavy (non-hydrogen) atoms. The topological polar surface area (TPSA) is 41.6 Å². The average Bonchev–Trinajstić information content (AvgIpc) is 2.65. The lowest BCUT2D eigenvalue weighted by Gasteiger charge is -2.13. The van der Waals surface area contributed by atoms with Crippen LogP contribution in [0, 0.1) is 0 Å². The molecule has 0 aromatic rings. The van der Waals surface area contributed by atoms with Gasteiger partial charge in [0, 0.05) is 13.0 Å². The van der Waals surface area contributed by atoms with Gasteiger partial charge in [0.1, 0.15) is 0 Å². The van der Waals surface area contributed by atoms with Crippen LogP contribution in [0.15, 0.2) is 0 Å². The molecule has 4 nitrogen and oxygen atoms in total. The van der Waals surface area contributed by atoms with Crippen LogP contribution in [0.3, 0.4) is 0 Å². The molecule has 1 N–H and O–H groups in total. The van der Waals surface area contributed by atoms with Crippen LogP contribution in [-0.2, 0) is 9.63 Å². The van der Waals surface area contributed by atoms with Crippen molar-refractivity contribution in [3.8, 4) is 0 Å². The minimum Gasteiger partial charge on any atom is -0.301 e. The van der Waals surface area contributed by atoms with Crippen molar-refractivity contribution in [2.75, 3.05) is 26.2 Å². The molecule has 1 amide bonds. The summed E-state index contributed by atoms with van der Waals surface area (Å²) in [5, 5.41) is 0. The second kappa shape index (κ2) is 6.79. The van der Waals surface area contributed by atoms with Crippen molar-refractivity contribution >= 4 is 5.91 Å². The van der Waals surface area contributed by atoms with Gasteiger partial charge in [-0.1, -0.05) is 6.92 Å². The Morgan fingerprint density at radius 2 is 2.14 bits per heavy atom. The lowest BCUT2D eigenvalue weighted by atomic mass is 10.3. The maximum Gasteiger partial charge on any atom is 0.243 e. The monoisotopic (exact) mass is 200 g/mol. The summed E-state index contributed by atoms with van der Waals surface area (Å²) in [5.41, 5.74) is 2.44. The Morgan fingerprint density at radius 1 is 1.43 bits per heavy atom. The van der Waals surface area contributed by atoms with Crippen LogP contribution in [0.5, 0.6) is 0 Å². The van der Waals surface area contributed by atoms with Crippen molar-refractivity contribution in [1.82, 2.24) is 10.4 Å². The maximum absolute atomic E-state index is 11.0. The summed E-state index contributed by atoms with van der Waals surface area (Å²) in [6, 6.07) is 0. The van der Waals surface area contributed by atoms with Gasteiger partial charge >= 0.3 is 0 Å². The zero-order valence-electron chi connectivity index (χ0n) is 8.92. The maximum atomic E-state index is 11.0. The number of carbonyl (C=O) groups excluding carboxylic acids is 1. The Balaban J connectivity index is 1.90. The number of hydrogen-bond acceptors (Lipinski definition) is 3. The van der Waals surface area contributed by atoms with Crippen molar-refractivity contribution in [3.63, 3.8) is 0 Å². The molecule has 0 aromatic heterocycles. The van der Waals surface area contributed by atoms with Gasteiger partial charge in [-0.2, -0.15) is 0 Å². The molecular weight excluding hydrogens is 180 g/mol. The third-order valence-electron chi connectivity index (χ3n) is 2.37. The van der Waals surface area contributed by atoms with E-state index >= 15 is 0 Å². The first-order chi connectivity index (χ1) is 6.83. The van der Waals surface area contributed by atoms with E-state index < -0.39 is 0 Å². The first-order valence-corrected chi connectivity index (χ1v) is 5.46. The Morgan fingerprint density at radius 3 is 2.79 bits per heavy atom. The fourth-order valence-corrected chi connectivity index (χ4v) is 1.59. The molecule has 0 unspecified atom stereocenters. The highest BCUT2D eigenvalue weighted by Crippen LogP contribution is 2.05. The molecule has 1 aliphatic rings. The molecular formula is C10H20N2O2. The first kappa shape index (κ1) is 11.5. The summed E-state index contributed by atoms with van der Waals surface area (Å²) in [4.78, 5) is 18.4. The van der Waals surface area contributed by atoms with E-state index in [-0.39, 0.29) is 5.91 Å². The van der Waals surface area contributed by atoms with Crippen molar-refractivity contribution in [2.24, 2.45) is 0 Å². The van der Waals surface area contributed by atoms with E-state index in [1.807, 2.05) is 6.92 Å². The standard InChI is InChI=1S/C10H20N2O2/c1-2-5-10(13)11-14-9-8-12-6-3-4-7-12/h2-9H2,1H3,(H,11,13). The summed E-state index contributed by atoms with van der Waals surface area (Å²) in [5.74, 6) is -0.0195. The summed E-state index contributed by atoms with van der Waals surface area (Å²) < 4.78 is 0. The van der Waals surface area contributed by atoms with Crippen molar-refractivity contribution in [2.45, 2.75) is 32.6 Å². The molecule has 0 spiro atoms. The number of carbonyl (C=O) groups is 1. The minimum absolute atomic E-state index is 0.0195. The summed E-state index contributed by atoms with van der Waals surface area (Å²) in [6.07, 6.45) is 4.00. The van der Waals surface area contributed by atoms with Gasteiger partial charge in [0.25, 0.3) is 0 Å². The van der Waals surface area contributed by atoms with E-state index in [1.54, 1.807) is 0 Å². The van der Waals surface area contributed by atoms with E-state index in [9.17, 15) is 4.79 Å². The zero-order chi connectivity index (χ0) is 10.2. The van der Waals surface area contributed by atoms with Crippen molar-refractivity contribution in [1.29, 1.82) is 0 Å². The van der Waals surface area contributed by atoms with Crippen molar-refractivity contribution < 1.29 is 9.63 Å². The van der Waals surface area contributed by atoms with Gasteiger partial charge < -0.3 is 4.90 Å². The third-order valence-corrected chi connectivity index (χ3v) is 2.37. The smallest absolute Gasteiger partial charge is 0.243 e. The van der Waals surface area contributed by atoms with Crippen LogP contribution in [0.2, 0.25) is 0 Å². The third kappa shape index (κ3) is 4.58. The van der Waals surface area contributed by atoms with E-state index in [1.165, 1.54) is 25.9 Å². The van der Waals surface area contributed by atoms with E-state index in [4.69, 9.17) is 4.84 Å². The molecule has 4 heteroatoms. The van der Waals surface area contributed by atoms with Crippen LogP contribution >= 0.6 is 0 Å². The largest absolute Gasteiger partial charge is 0.301 e. The van der Waals surface area contributed by atoms with Gasteiger partial charge in [-0.3, -0.25) is 9.63 Å². The lowest BCUT2D eigenvalue weighted by Crippen LogP contribution is -2.29. The van der Waals surface area contributed by atoms with Gasteiger partial charge in [0.2, 0.25) is 5.91 Å². The predicted octanol–water partition coefficient (Wildman–Crippen LogP) is 0.930. The van der Waals surface area contributed by atoms with E-state index in [2.05, 4.69) is 10.4 Å². The Labute approximate surface area is 85.6 Å². The van der Waals surface area contributed by atoms with Crippen LogP contribution in [0.1, 0.15) is 32.6 Å². The molecule has 1 heterocycles. The van der Waals surface area contributed by atoms with E-state index in [0.29, 0.717) is 13.0 Å². The summed E-state index contributed by atoms with van der Waals surface area (Å²) in [7, 11) is 0. The number of rotatable bonds is 6. The second-order valence-electron chi connectivity index (χ2n) is 3.67. The number of amides is 1. The molecule has 1 fully saturated rings. The molecule has 0 atom stereocenters. The SMILES string of the molecule is CCCC(=O)NOCCN1CCCC1. The molecule has 0 saturated carbocycles. The highest BCUT2D eigenvalue weighted by atomic mass is 16.6. The van der Waals surface area contributed by atoms with Gasteiger partial charge in [-0.25, -0.2) is 5.48 Å². The molecule has 1 aliphatic heterocycles. The second-order valence-corrected chi connectivity index (χ2v) is 3.67. The molecule has 0 bridgehead atoms. The van der Waals surface area contributed by atoms with Gasteiger partial charge in [0.15, 0.2) is 0 Å². The Hall–Kier alpha value is -0.610. The number of hydroxylamine groups is 1. The first-order valence-electron chi connectivity index (χ1n) is 5.46. The van der Waals surface area contributed by atoms with Crippen LogP contribution < -0.4 is 5.48 Å². The molecule has 82 valence electrons. The minimum atomic E-state index is -0.0195. The quantitative estimate of drug-likeness (QED) is 0.512. The Kier molecular flexibility index (Phi) is 5.56. The number of nitrogens with zero attached hydrogens (tertiary/aromatic N) is 1. The molecule has 0 radical (unpaired) electrons. The summed E-state index contributed by atoms with van der Waals surface area (Å²) >= 11 is 0. The highest BCUT2D eigenvalue weighted by molar-refractivity contribution is 5.74. The Bertz CT molecular complexity index is 168. The average molecular weight is 200 g/mol. The number of hydrogen-bond donors (Lipinski definition) is 1. The fourth-order valence-electron chi connectivity index (χ4n) is 1.59. The van der Waals surface area contributed by atoms with Gasteiger partial charge in [-0.05, 0) is 32.4 Å². The van der Waals surface area contributed by atoms with Gasteiger partial charge in [0.05, 0.1) is 6.61 Å². The van der Waals surface area contributed by atoms with E-state index in [0.717, 1.165) is 13.0 Å². The number of likely N-dealkylation sites (tertiary alicyclic amines) is 1. The van der Waals surface area contributed by atoms with Crippen LogP contribution in [0.25, 0.3) is 0 Å². The molecule has 0 aliphatic carbocycles. The molecule has 1 rings (SSSR count). The van der Waals surface area contributed by atoms with Gasteiger partial charge in [-0.15, -0.1) is 0 Å².